The van der Waals surface area contributed by atoms with Gasteiger partial charge < -0.3 is 14.8 Å². The van der Waals surface area contributed by atoms with Crippen LogP contribution in [0.4, 0.5) is 0 Å². The van der Waals surface area contributed by atoms with Gasteiger partial charge in [0.2, 0.25) is 0 Å². The summed E-state index contributed by atoms with van der Waals surface area (Å²) < 4.78 is 10.5. The molecule has 1 heterocycles. The molecule has 0 aliphatic carbocycles. The maximum absolute atomic E-state index is 11.3. The smallest absolute Gasteiger partial charge is 0.252 e. The summed E-state index contributed by atoms with van der Waals surface area (Å²) in [5.41, 5.74) is 1.45. The summed E-state index contributed by atoms with van der Waals surface area (Å²) in [6.45, 7) is 0. The first kappa shape index (κ1) is 11.3. The van der Waals surface area contributed by atoms with Crippen LogP contribution in [0.3, 0.4) is 0 Å². The zero-order valence-electron chi connectivity index (χ0n) is 9.69. The van der Waals surface area contributed by atoms with Crippen LogP contribution >= 0.6 is 0 Å². The van der Waals surface area contributed by atoms with Gasteiger partial charge in [0.1, 0.15) is 5.70 Å². The minimum Gasteiger partial charge on any atom is -0.494 e. The molecule has 0 saturated heterocycles. The van der Waals surface area contributed by atoms with Crippen molar-refractivity contribution in [2.24, 2.45) is 0 Å². The Hall–Kier alpha value is -2.23. The molecule has 0 unspecified atom stereocenters. The van der Waals surface area contributed by atoms with Gasteiger partial charge in [0, 0.05) is 11.6 Å². The molecule has 1 N–H and O–H groups in total. The van der Waals surface area contributed by atoms with Crippen LogP contribution in [-0.4, -0.2) is 20.1 Å². The van der Waals surface area contributed by atoms with Gasteiger partial charge in [-0.2, -0.15) is 0 Å². The Morgan fingerprint density at radius 1 is 1.18 bits per heavy atom. The maximum Gasteiger partial charge on any atom is 0.252 e. The van der Waals surface area contributed by atoms with E-state index in [1.807, 2.05) is 30.3 Å². The molecule has 1 amide bonds. The number of amides is 1. The van der Waals surface area contributed by atoms with E-state index < -0.39 is 0 Å². The number of benzene rings is 1. The number of carbonyl (C=O) groups is 1. The zero-order valence-corrected chi connectivity index (χ0v) is 9.69. The first-order chi connectivity index (χ1) is 8.26. The Morgan fingerprint density at radius 3 is 2.47 bits per heavy atom. The summed E-state index contributed by atoms with van der Waals surface area (Å²) in [4.78, 5) is 11.3. The van der Waals surface area contributed by atoms with Gasteiger partial charge in [-0.1, -0.05) is 30.3 Å². The second-order valence-electron chi connectivity index (χ2n) is 3.48. The van der Waals surface area contributed by atoms with Crippen molar-refractivity contribution >= 4 is 11.7 Å². The molecule has 4 nitrogen and oxygen atoms in total. The highest BCUT2D eigenvalue weighted by Gasteiger charge is 2.23. The summed E-state index contributed by atoms with van der Waals surface area (Å²) in [5, 5.41) is 2.70. The molecule has 17 heavy (non-hydrogen) atoms. The molecule has 0 saturated carbocycles. The van der Waals surface area contributed by atoms with Crippen molar-refractivity contribution in [3.8, 4) is 0 Å². The molecule has 0 bridgehead atoms. The van der Waals surface area contributed by atoms with Crippen LogP contribution in [0.5, 0.6) is 0 Å². The quantitative estimate of drug-likeness (QED) is 0.805. The number of methoxy groups -OCH3 is 2. The van der Waals surface area contributed by atoms with Crippen LogP contribution < -0.4 is 5.32 Å². The average molecular weight is 231 g/mol. The van der Waals surface area contributed by atoms with E-state index in [0.717, 1.165) is 5.56 Å². The van der Waals surface area contributed by atoms with Crippen molar-refractivity contribution in [2.45, 2.75) is 0 Å². The topological polar surface area (TPSA) is 47.6 Å². The van der Waals surface area contributed by atoms with Gasteiger partial charge in [-0.25, -0.2) is 0 Å². The molecule has 1 aliphatic heterocycles. The van der Waals surface area contributed by atoms with Crippen LogP contribution in [-0.2, 0) is 14.3 Å². The monoisotopic (exact) mass is 231 g/mol. The second kappa shape index (κ2) is 4.74. The van der Waals surface area contributed by atoms with Crippen LogP contribution in [0.25, 0.3) is 5.76 Å². The van der Waals surface area contributed by atoms with Crippen molar-refractivity contribution in [1.29, 1.82) is 0 Å². The third kappa shape index (κ3) is 2.15. The predicted molar refractivity (Wildman–Crippen MR) is 63.6 cm³/mol. The van der Waals surface area contributed by atoms with Gasteiger partial charge in [0.05, 0.1) is 14.2 Å². The molecule has 0 spiro atoms. The fraction of sp³-hybridized carbons (Fsp3) is 0.154. The average Bonchev–Trinajstić information content (AvgIpc) is 2.73. The van der Waals surface area contributed by atoms with Gasteiger partial charge in [-0.15, -0.1) is 0 Å². The molecule has 0 radical (unpaired) electrons. The van der Waals surface area contributed by atoms with E-state index in [0.29, 0.717) is 17.2 Å². The van der Waals surface area contributed by atoms with Crippen LogP contribution in [0.1, 0.15) is 5.56 Å². The van der Waals surface area contributed by atoms with E-state index in [9.17, 15) is 4.79 Å². The minimum atomic E-state index is -0.206. The van der Waals surface area contributed by atoms with Crippen molar-refractivity contribution in [1.82, 2.24) is 5.32 Å². The molecule has 4 heteroatoms. The standard InChI is InChI=1S/C13H13NO3/c1-16-10-8-11(15)14-12(10)13(17-2)9-6-4-3-5-7-9/h3-8H,1-2H3,(H,14,15)/b13-12+. The van der Waals surface area contributed by atoms with Crippen LogP contribution in [0.2, 0.25) is 0 Å². The number of hydrogen-bond donors (Lipinski definition) is 1. The lowest BCUT2D eigenvalue weighted by Crippen LogP contribution is -2.16. The molecule has 1 aliphatic rings. The molecule has 1 aromatic rings. The number of carbonyl (C=O) groups excluding carboxylic acids is 1. The van der Waals surface area contributed by atoms with Crippen molar-refractivity contribution in [2.75, 3.05) is 14.2 Å². The molecule has 1 aromatic carbocycles. The lowest BCUT2D eigenvalue weighted by atomic mass is 10.1. The first-order valence-corrected chi connectivity index (χ1v) is 5.17. The number of rotatable bonds is 3. The Kier molecular flexibility index (Phi) is 3.14. The molecule has 0 fully saturated rings. The highest BCUT2D eigenvalue weighted by atomic mass is 16.5. The second-order valence-corrected chi connectivity index (χ2v) is 3.48. The largest absolute Gasteiger partial charge is 0.494 e. The summed E-state index contributed by atoms with van der Waals surface area (Å²) >= 11 is 0. The SMILES string of the molecule is COC1=CC(=O)N/C1=C(/OC)c1ccccc1. The summed E-state index contributed by atoms with van der Waals surface area (Å²) in [6.07, 6.45) is 1.40. The predicted octanol–water partition coefficient (Wildman–Crippen LogP) is 1.66. The molecule has 0 atom stereocenters. The fourth-order valence-corrected chi connectivity index (χ4v) is 1.70. The van der Waals surface area contributed by atoms with Crippen molar-refractivity contribution in [3.05, 3.63) is 53.4 Å². The Bertz CT molecular complexity index is 489. The minimum absolute atomic E-state index is 0.206. The fourth-order valence-electron chi connectivity index (χ4n) is 1.70. The normalized spacial score (nSPS) is 17.3. The van der Waals surface area contributed by atoms with E-state index in [-0.39, 0.29) is 5.91 Å². The van der Waals surface area contributed by atoms with E-state index in [1.165, 1.54) is 13.2 Å². The zero-order chi connectivity index (χ0) is 12.3. The van der Waals surface area contributed by atoms with Gasteiger partial charge in [0.15, 0.2) is 11.5 Å². The highest BCUT2D eigenvalue weighted by Crippen LogP contribution is 2.25. The van der Waals surface area contributed by atoms with Gasteiger partial charge in [0.25, 0.3) is 5.91 Å². The number of ether oxygens (including phenoxy) is 2. The van der Waals surface area contributed by atoms with E-state index in [2.05, 4.69) is 5.32 Å². The Morgan fingerprint density at radius 2 is 1.88 bits per heavy atom. The highest BCUT2D eigenvalue weighted by molar-refractivity contribution is 5.96. The Balaban J connectivity index is 2.48. The lowest BCUT2D eigenvalue weighted by Gasteiger charge is -2.12. The Labute approximate surface area is 99.5 Å². The summed E-state index contributed by atoms with van der Waals surface area (Å²) in [5.74, 6) is 0.864. The third-order valence-electron chi connectivity index (χ3n) is 2.44. The summed E-state index contributed by atoms with van der Waals surface area (Å²) in [7, 11) is 3.08. The van der Waals surface area contributed by atoms with Crippen LogP contribution in [0, 0.1) is 0 Å². The molecule has 0 aromatic heterocycles. The van der Waals surface area contributed by atoms with Gasteiger partial charge >= 0.3 is 0 Å². The maximum atomic E-state index is 11.3. The van der Waals surface area contributed by atoms with Gasteiger partial charge in [-0.3, -0.25) is 4.79 Å². The summed E-state index contributed by atoms with van der Waals surface area (Å²) in [6, 6.07) is 9.54. The molecular weight excluding hydrogens is 218 g/mol. The van der Waals surface area contributed by atoms with E-state index in [4.69, 9.17) is 9.47 Å². The first-order valence-electron chi connectivity index (χ1n) is 5.17. The van der Waals surface area contributed by atoms with Gasteiger partial charge in [-0.05, 0) is 0 Å². The van der Waals surface area contributed by atoms with Crippen molar-refractivity contribution in [3.63, 3.8) is 0 Å². The lowest BCUT2D eigenvalue weighted by molar-refractivity contribution is -0.115. The molecular formula is C13H13NO3. The third-order valence-corrected chi connectivity index (χ3v) is 2.44. The van der Waals surface area contributed by atoms with E-state index >= 15 is 0 Å². The van der Waals surface area contributed by atoms with Crippen molar-refractivity contribution < 1.29 is 14.3 Å². The molecule has 2 rings (SSSR count). The number of nitrogens with one attached hydrogen (secondary N) is 1. The van der Waals surface area contributed by atoms with E-state index in [1.54, 1.807) is 7.11 Å². The van der Waals surface area contributed by atoms with Crippen LogP contribution in [0.15, 0.2) is 47.9 Å². The number of hydrogen-bond acceptors (Lipinski definition) is 3. The molecule has 88 valence electrons.